The molecule has 5 nitrogen and oxygen atoms in total. The van der Waals surface area contributed by atoms with Gasteiger partial charge in [0.1, 0.15) is 21.7 Å². The molecule has 0 saturated carbocycles. The Morgan fingerprint density at radius 3 is 2.75 bits per heavy atom. The number of hydrogen-bond acceptors (Lipinski definition) is 6. The highest BCUT2D eigenvalue weighted by Crippen LogP contribution is 2.37. The quantitative estimate of drug-likeness (QED) is 0.282. The second-order valence-corrected chi connectivity index (χ2v) is 7.64. The summed E-state index contributed by atoms with van der Waals surface area (Å²) in [5, 5.41) is 16.2. The van der Waals surface area contributed by atoms with Crippen molar-refractivity contribution >= 4 is 60.8 Å². The first kappa shape index (κ1) is 16.9. The highest BCUT2D eigenvalue weighted by atomic mass is 32.1. The van der Waals surface area contributed by atoms with Crippen molar-refractivity contribution < 1.29 is 14.3 Å². The van der Waals surface area contributed by atoms with Crippen LogP contribution in [0.15, 0.2) is 67.3 Å². The number of fused-ring (bicyclic) bond motifs is 5. The molecular formula is C22H15NO4S. The smallest absolute Gasteiger partial charge is 0.347 e. The van der Waals surface area contributed by atoms with Crippen LogP contribution in [-0.2, 0) is 4.79 Å². The number of allylic oxidation sites excluding steroid dienone is 2. The van der Waals surface area contributed by atoms with Crippen LogP contribution >= 0.6 is 11.3 Å². The number of hydrogen-bond donors (Lipinski definition) is 1. The number of rotatable bonds is 2. The summed E-state index contributed by atoms with van der Waals surface area (Å²) >= 11 is 1.31. The summed E-state index contributed by atoms with van der Waals surface area (Å²) in [4.78, 5) is 29.1. The van der Waals surface area contributed by atoms with Crippen LogP contribution < -0.4 is 5.63 Å². The van der Waals surface area contributed by atoms with Gasteiger partial charge in [-0.25, -0.2) is 9.79 Å². The van der Waals surface area contributed by atoms with E-state index in [0.717, 1.165) is 21.5 Å². The molecule has 138 valence electrons. The van der Waals surface area contributed by atoms with Crippen molar-refractivity contribution in [2.45, 2.75) is 19.3 Å². The van der Waals surface area contributed by atoms with Crippen molar-refractivity contribution in [2.24, 2.45) is 4.99 Å². The topological polar surface area (TPSA) is 79.9 Å². The minimum absolute atomic E-state index is 0.0600. The van der Waals surface area contributed by atoms with Gasteiger partial charge >= 0.3 is 5.63 Å². The molecule has 0 atom stereocenters. The Hall–Kier alpha value is -3.25. The minimum atomic E-state index is -0.458. The van der Waals surface area contributed by atoms with Gasteiger partial charge in [-0.1, -0.05) is 30.3 Å². The van der Waals surface area contributed by atoms with E-state index >= 15 is 0 Å². The van der Waals surface area contributed by atoms with Crippen molar-refractivity contribution in [1.29, 1.82) is 0 Å². The zero-order valence-electron chi connectivity index (χ0n) is 14.8. The van der Waals surface area contributed by atoms with Crippen LogP contribution in [0.2, 0.25) is 0 Å². The molecule has 0 spiro atoms. The zero-order chi connectivity index (χ0) is 19.3. The lowest BCUT2D eigenvalue weighted by atomic mass is 9.97. The molecule has 0 aliphatic heterocycles. The number of aliphatic imine (C=N–C) groups is 1. The van der Waals surface area contributed by atoms with Gasteiger partial charge in [0.2, 0.25) is 0 Å². The Balaban J connectivity index is 1.71. The third-order valence-corrected chi connectivity index (χ3v) is 5.97. The van der Waals surface area contributed by atoms with E-state index in [1.807, 2.05) is 41.8 Å². The van der Waals surface area contributed by atoms with Crippen molar-refractivity contribution in [2.75, 3.05) is 0 Å². The molecule has 1 N–H and O–H groups in total. The number of Topliss-reactive ketones (excluding diaryl/α,β-unsaturated/α-hetero) is 1. The van der Waals surface area contributed by atoms with E-state index in [4.69, 9.17) is 4.42 Å². The van der Waals surface area contributed by atoms with Crippen LogP contribution in [0.3, 0.4) is 0 Å². The minimum Gasteiger partial charge on any atom is -0.512 e. The van der Waals surface area contributed by atoms with Gasteiger partial charge in [0.05, 0.1) is 5.57 Å². The predicted octanol–water partition coefficient (Wildman–Crippen LogP) is 5.43. The fraction of sp³-hybridized carbons (Fsp3) is 0.136. The second kappa shape index (κ2) is 6.42. The third kappa shape index (κ3) is 2.57. The first-order chi connectivity index (χ1) is 13.6. The number of carbonyl (C=O) groups excluding carboxylic acids is 1. The predicted molar refractivity (Wildman–Crippen MR) is 112 cm³/mol. The SMILES string of the molecule is O=C1CCCC(O)=C1/C=N/c1scc2c1c(=O)oc1c3ccccc3ccc21. The number of aliphatic hydroxyl groups excluding tert-OH is 1. The van der Waals surface area contributed by atoms with Gasteiger partial charge in [-0.3, -0.25) is 4.79 Å². The van der Waals surface area contributed by atoms with E-state index in [9.17, 15) is 14.7 Å². The van der Waals surface area contributed by atoms with Gasteiger partial charge in [-0.2, -0.15) is 0 Å². The van der Waals surface area contributed by atoms with Crippen LogP contribution in [0.1, 0.15) is 19.3 Å². The molecule has 5 rings (SSSR count). The second-order valence-electron chi connectivity index (χ2n) is 6.78. The lowest BCUT2D eigenvalue weighted by Gasteiger charge is -2.10. The largest absolute Gasteiger partial charge is 0.512 e. The van der Waals surface area contributed by atoms with E-state index in [1.54, 1.807) is 0 Å². The maximum atomic E-state index is 12.7. The summed E-state index contributed by atoms with van der Waals surface area (Å²) < 4.78 is 5.67. The Bertz CT molecular complexity index is 1390. The number of carbonyl (C=O) groups is 1. The van der Waals surface area contributed by atoms with E-state index in [-0.39, 0.29) is 17.1 Å². The van der Waals surface area contributed by atoms with Gasteiger partial charge in [-0.15, -0.1) is 11.3 Å². The van der Waals surface area contributed by atoms with Gasteiger partial charge in [0.25, 0.3) is 0 Å². The summed E-state index contributed by atoms with van der Waals surface area (Å²) in [6, 6.07) is 11.7. The number of aliphatic hydroxyl groups is 1. The molecule has 0 bridgehead atoms. The Morgan fingerprint density at radius 2 is 1.89 bits per heavy atom. The number of thiophene rings is 1. The molecule has 6 heteroatoms. The molecule has 1 aliphatic carbocycles. The molecule has 2 aromatic carbocycles. The monoisotopic (exact) mass is 389 g/mol. The average Bonchev–Trinajstić information content (AvgIpc) is 3.12. The lowest BCUT2D eigenvalue weighted by Crippen LogP contribution is -2.12. The highest BCUT2D eigenvalue weighted by molar-refractivity contribution is 7.15. The van der Waals surface area contributed by atoms with Crippen LogP contribution in [0, 0.1) is 0 Å². The summed E-state index contributed by atoms with van der Waals surface area (Å²) in [5.41, 5.74) is 0.330. The molecule has 28 heavy (non-hydrogen) atoms. The van der Waals surface area contributed by atoms with Gasteiger partial charge in [0, 0.05) is 40.6 Å². The van der Waals surface area contributed by atoms with E-state index < -0.39 is 5.63 Å². The molecule has 0 radical (unpaired) electrons. The molecule has 0 fully saturated rings. The summed E-state index contributed by atoms with van der Waals surface area (Å²) in [5.74, 6) is -0.0675. The maximum Gasteiger partial charge on any atom is 0.347 e. The molecule has 4 aromatic rings. The van der Waals surface area contributed by atoms with Gasteiger partial charge in [0.15, 0.2) is 5.78 Å². The van der Waals surface area contributed by atoms with Crippen LogP contribution in [0.4, 0.5) is 5.00 Å². The Kier molecular flexibility index (Phi) is 3.87. The summed E-state index contributed by atoms with van der Waals surface area (Å²) in [6.07, 6.45) is 2.88. The van der Waals surface area contributed by atoms with E-state index in [2.05, 4.69) is 4.99 Å². The molecule has 0 amide bonds. The van der Waals surface area contributed by atoms with E-state index in [0.29, 0.717) is 35.2 Å². The summed E-state index contributed by atoms with van der Waals surface area (Å²) in [6.45, 7) is 0. The van der Waals surface area contributed by atoms with Gasteiger partial charge in [-0.05, 0) is 17.9 Å². The van der Waals surface area contributed by atoms with Gasteiger partial charge < -0.3 is 9.52 Å². The fourth-order valence-electron chi connectivity index (χ4n) is 3.66. The normalized spacial score (nSPS) is 15.5. The molecular weight excluding hydrogens is 374 g/mol. The average molecular weight is 389 g/mol. The first-order valence-electron chi connectivity index (χ1n) is 8.98. The van der Waals surface area contributed by atoms with Crippen molar-refractivity contribution in [3.63, 3.8) is 0 Å². The summed E-state index contributed by atoms with van der Waals surface area (Å²) in [7, 11) is 0. The maximum absolute atomic E-state index is 12.7. The molecule has 1 aliphatic rings. The molecule has 2 aromatic heterocycles. The standard InChI is InChI=1S/C22H15NO4S/c24-17-6-3-7-18(25)15(17)10-23-21-19-16(11-28-21)14-9-8-12-4-1-2-5-13(12)20(14)27-22(19)26/h1-2,4-5,8-11,24H,3,6-7H2/b23-10+. The van der Waals surface area contributed by atoms with Crippen molar-refractivity contribution in [3.05, 3.63) is 63.5 Å². The van der Waals surface area contributed by atoms with Crippen LogP contribution in [0.5, 0.6) is 0 Å². The number of nitrogens with zero attached hydrogens (tertiary/aromatic N) is 1. The molecule has 0 saturated heterocycles. The number of ketones is 1. The Morgan fingerprint density at radius 1 is 1.04 bits per heavy atom. The number of benzene rings is 2. The fourth-order valence-corrected chi connectivity index (χ4v) is 4.56. The molecule has 0 unspecified atom stereocenters. The highest BCUT2D eigenvalue weighted by Gasteiger charge is 2.19. The lowest BCUT2D eigenvalue weighted by molar-refractivity contribution is -0.115. The van der Waals surface area contributed by atoms with E-state index in [1.165, 1.54) is 17.6 Å². The van der Waals surface area contributed by atoms with Crippen molar-refractivity contribution in [1.82, 2.24) is 0 Å². The van der Waals surface area contributed by atoms with Crippen LogP contribution in [0.25, 0.3) is 32.5 Å². The van der Waals surface area contributed by atoms with Crippen molar-refractivity contribution in [3.8, 4) is 0 Å². The van der Waals surface area contributed by atoms with Crippen LogP contribution in [-0.4, -0.2) is 17.1 Å². The third-order valence-electron chi connectivity index (χ3n) is 5.08. The first-order valence-corrected chi connectivity index (χ1v) is 9.86. The Labute approximate surface area is 163 Å². The zero-order valence-corrected chi connectivity index (χ0v) is 15.6. The molecule has 2 heterocycles.